The van der Waals surface area contributed by atoms with Gasteiger partial charge < -0.3 is 13.8 Å². The van der Waals surface area contributed by atoms with Crippen molar-refractivity contribution in [1.82, 2.24) is 4.98 Å². The molecule has 0 aromatic carbocycles. The fourth-order valence-electron chi connectivity index (χ4n) is 2.88. The average molecular weight is 522 g/mol. The summed E-state index contributed by atoms with van der Waals surface area (Å²) in [7, 11) is -3.87. The van der Waals surface area contributed by atoms with Crippen LogP contribution in [0.5, 0.6) is 0 Å². The summed E-state index contributed by atoms with van der Waals surface area (Å²) in [6.45, 7) is 24.5. The molecule has 0 N–H and O–H groups in total. The number of hydrogen-bond acceptors (Lipinski definition) is 4. The Bertz CT molecular complexity index is 696. The number of rotatable bonds is 5. The van der Waals surface area contributed by atoms with Gasteiger partial charge in [0.1, 0.15) is 11.0 Å². The molecule has 29 heavy (non-hydrogen) atoms. The van der Waals surface area contributed by atoms with Gasteiger partial charge in [0.2, 0.25) is 0 Å². The van der Waals surface area contributed by atoms with Gasteiger partial charge in [-0.15, -0.1) is 0 Å². The lowest BCUT2D eigenvalue weighted by atomic mass is 10.2. The van der Waals surface area contributed by atoms with Gasteiger partial charge in [-0.1, -0.05) is 53.1 Å². The zero-order chi connectivity index (χ0) is 22.4. The zero-order valence-corrected chi connectivity index (χ0v) is 24.0. The third-order valence-corrected chi connectivity index (χ3v) is 16.7. The molecule has 2 heterocycles. The van der Waals surface area contributed by atoms with Crippen LogP contribution >= 0.6 is 27.5 Å². The molecule has 2 rings (SSSR count). The molecule has 1 aromatic rings. The average Bonchev–Trinajstić information content (AvgIpc) is 2.88. The molecule has 0 bridgehead atoms. The molecule has 1 fully saturated rings. The van der Waals surface area contributed by atoms with Crippen molar-refractivity contribution in [3.05, 3.63) is 21.8 Å². The lowest BCUT2D eigenvalue weighted by molar-refractivity contribution is 0.0713. The SMILES string of the molecule is CC(C)(C)[Si](C)(C)O[C@H]1CN(c2nc(Cl)ccc2Br)C[C@@H]1O[Si](C)(C)C(C)(C)C. The molecule has 166 valence electrons. The lowest BCUT2D eigenvalue weighted by Gasteiger charge is -2.42. The van der Waals surface area contributed by atoms with Gasteiger partial charge in [-0.2, -0.15) is 0 Å². The number of hydrogen-bond donors (Lipinski definition) is 0. The number of halogens is 2. The summed E-state index contributed by atoms with van der Waals surface area (Å²) < 4.78 is 14.7. The highest BCUT2D eigenvalue weighted by atomic mass is 79.9. The van der Waals surface area contributed by atoms with Crippen molar-refractivity contribution in [3.63, 3.8) is 0 Å². The highest BCUT2D eigenvalue weighted by Gasteiger charge is 2.48. The van der Waals surface area contributed by atoms with Gasteiger partial charge >= 0.3 is 0 Å². The van der Waals surface area contributed by atoms with Crippen LogP contribution in [0.2, 0.25) is 41.4 Å². The van der Waals surface area contributed by atoms with Crippen molar-refractivity contribution < 1.29 is 8.85 Å². The molecule has 1 aliphatic rings. The Labute approximate surface area is 193 Å². The lowest BCUT2D eigenvalue weighted by Crippen LogP contribution is -2.51. The number of aromatic nitrogens is 1. The molecule has 2 atom stereocenters. The molecule has 0 aliphatic carbocycles. The largest absolute Gasteiger partial charge is 0.409 e. The molecule has 1 aliphatic heterocycles. The molecule has 0 amide bonds. The summed E-state index contributed by atoms with van der Waals surface area (Å²) in [5.74, 6) is 0.864. The molecule has 1 aromatic heterocycles. The van der Waals surface area contributed by atoms with E-state index in [4.69, 9.17) is 20.5 Å². The number of anilines is 1. The molecular formula is C21H38BrClN2O2Si2. The Morgan fingerprint density at radius 1 is 0.931 bits per heavy atom. The summed E-state index contributed by atoms with van der Waals surface area (Å²) >= 11 is 9.83. The highest BCUT2D eigenvalue weighted by Crippen LogP contribution is 2.42. The van der Waals surface area contributed by atoms with Gasteiger partial charge in [0.15, 0.2) is 16.6 Å². The maximum atomic E-state index is 6.87. The molecule has 0 unspecified atom stereocenters. The van der Waals surface area contributed by atoms with E-state index in [-0.39, 0.29) is 22.3 Å². The normalized spacial score (nSPS) is 21.7. The fourth-order valence-corrected chi connectivity index (χ4v) is 6.17. The van der Waals surface area contributed by atoms with Crippen LogP contribution in [0.25, 0.3) is 0 Å². The molecule has 0 radical (unpaired) electrons. The summed E-state index contributed by atoms with van der Waals surface area (Å²) in [5.41, 5.74) is 0. The van der Waals surface area contributed by atoms with Gasteiger partial charge in [-0.05, 0) is 64.3 Å². The van der Waals surface area contributed by atoms with Crippen molar-refractivity contribution in [2.24, 2.45) is 0 Å². The Morgan fingerprint density at radius 3 is 1.72 bits per heavy atom. The minimum absolute atomic E-state index is 0.0256. The van der Waals surface area contributed by atoms with Crippen molar-refractivity contribution in [1.29, 1.82) is 0 Å². The third kappa shape index (κ3) is 5.86. The Hall–Kier alpha value is 0.0738. The molecular weight excluding hydrogens is 484 g/mol. The van der Waals surface area contributed by atoms with E-state index >= 15 is 0 Å². The monoisotopic (exact) mass is 520 g/mol. The standard InChI is InChI=1S/C21H38BrClN2O2Si2/c1-20(2,3)28(7,8)26-16-13-25(19-15(22)11-12-18(23)24-19)14-17(16)27-29(9,10)21(4,5)6/h11-12,16-17H,13-14H2,1-10H3/t16-,17-/m0/s1. The zero-order valence-electron chi connectivity index (χ0n) is 19.7. The van der Waals surface area contributed by atoms with E-state index in [0.29, 0.717) is 5.15 Å². The minimum Gasteiger partial charge on any atom is -0.409 e. The van der Waals surface area contributed by atoms with E-state index in [9.17, 15) is 0 Å². The second-order valence-electron chi connectivity index (χ2n) is 11.2. The predicted octanol–water partition coefficient (Wildman–Crippen LogP) is 7.10. The van der Waals surface area contributed by atoms with Crippen LogP contribution in [0, 0.1) is 0 Å². The van der Waals surface area contributed by atoms with Crippen LogP contribution in [0.15, 0.2) is 16.6 Å². The summed E-state index contributed by atoms with van der Waals surface area (Å²) in [6, 6.07) is 3.76. The first-order chi connectivity index (χ1) is 12.9. The van der Waals surface area contributed by atoms with E-state index in [1.807, 2.05) is 6.07 Å². The van der Waals surface area contributed by atoms with Crippen LogP contribution in [0.4, 0.5) is 5.82 Å². The number of pyridine rings is 1. The van der Waals surface area contributed by atoms with Crippen molar-refractivity contribution in [2.45, 2.75) is 90.0 Å². The van der Waals surface area contributed by atoms with Crippen molar-refractivity contribution in [2.75, 3.05) is 18.0 Å². The van der Waals surface area contributed by atoms with Crippen LogP contribution in [0.3, 0.4) is 0 Å². The minimum atomic E-state index is -1.94. The van der Waals surface area contributed by atoms with E-state index < -0.39 is 16.6 Å². The summed E-state index contributed by atoms with van der Waals surface area (Å²) in [4.78, 5) is 6.83. The van der Waals surface area contributed by atoms with Gasteiger partial charge in [0.05, 0.1) is 16.7 Å². The molecule has 1 saturated heterocycles. The molecule has 8 heteroatoms. The second kappa shape index (κ2) is 8.54. The van der Waals surface area contributed by atoms with Crippen LogP contribution in [0.1, 0.15) is 41.5 Å². The molecule has 0 spiro atoms. The first-order valence-electron chi connectivity index (χ1n) is 10.4. The van der Waals surface area contributed by atoms with E-state index in [2.05, 4.69) is 93.5 Å². The summed E-state index contributed by atoms with van der Waals surface area (Å²) in [6.07, 6.45) is 0.0513. The second-order valence-corrected chi connectivity index (χ2v) is 21.9. The van der Waals surface area contributed by atoms with Crippen LogP contribution < -0.4 is 4.90 Å². The Morgan fingerprint density at radius 2 is 1.34 bits per heavy atom. The maximum absolute atomic E-state index is 6.87. The predicted molar refractivity (Wildman–Crippen MR) is 133 cm³/mol. The van der Waals surface area contributed by atoms with Gasteiger partial charge in [0.25, 0.3) is 0 Å². The molecule has 0 saturated carbocycles. The van der Waals surface area contributed by atoms with E-state index in [0.717, 1.165) is 23.4 Å². The van der Waals surface area contributed by atoms with Gasteiger partial charge in [0, 0.05) is 13.1 Å². The molecule has 4 nitrogen and oxygen atoms in total. The Kier molecular flexibility index (Phi) is 7.46. The van der Waals surface area contributed by atoms with Gasteiger partial charge in [-0.25, -0.2) is 4.98 Å². The van der Waals surface area contributed by atoms with E-state index in [1.165, 1.54) is 0 Å². The van der Waals surface area contributed by atoms with Crippen LogP contribution in [-0.4, -0.2) is 46.9 Å². The van der Waals surface area contributed by atoms with Gasteiger partial charge in [-0.3, -0.25) is 0 Å². The van der Waals surface area contributed by atoms with E-state index in [1.54, 1.807) is 6.07 Å². The topological polar surface area (TPSA) is 34.6 Å². The third-order valence-electron chi connectivity index (χ3n) is 6.81. The number of nitrogens with zero attached hydrogens (tertiary/aromatic N) is 2. The van der Waals surface area contributed by atoms with Crippen molar-refractivity contribution in [3.8, 4) is 0 Å². The highest BCUT2D eigenvalue weighted by molar-refractivity contribution is 9.10. The van der Waals surface area contributed by atoms with Crippen LogP contribution in [-0.2, 0) is 8.85 Å². The first-order valence-corrected chi connectivity index (χ1v) is 17.4. The smallest absolute Gasteiger partial charge is 0.192 e. The first kappa shape index (κ1) is 25.3. The quantitative estimate of drug-likeness (QED) is 0.306. The Balaban J connectivity index is 2.35. The van der Waals surface area contributed by atoms with Crippen molar-refractivity contribution >= 4 is 50.0 Å². The maximum Gasteiger partial charge on any atom is 0.192 e. The summed E-state index contributed by atoms with van der Waals surface area (Å²) in [5, 5.41) is 0.798. The fraction of sp³-hybridized carbons (Fsp3) is 0.762.